The fourth-order valence-corrected chi connectivity index (χ4v) is 5.04. The number of likely N-dealkylation sites (N-methyl/N-ethyl adjacent to an activating group) is 1. The number of aromatic nitrogens is 3. The van der Waals surface area contributed by atoms with Crippen molar-refractivity contribution in [3.63, 3.8) is 0 Å². The monoisotopic (exact) mass is 437 g/mol. The highest BCUT2D eigenvalue weighted by Gasteiger charge is 2.36. The lowest BCUT2D eigenvalue weighted by molar-refractivity contribution is -0.141. The predicted molar refractivity (Wildman–Crippen MR) is 123 cm³/mol. The summed E-state index contributed by atoms with van der Waals surface area (Å²) >= 11 is 0. The van der Waals surface area contributed by atoms with Crippen molar-refractivity contribution in [1.29, 1.82) is 0 Å². The average molecular weight is 438 g/mol. The lowest BCUT2D eigenvalue weighted by Gasteiger charge is -2.42. The number of hydrogen-bond acceptors (Lipinski definition) is 4. The highest BCUT2D eigenvalue weighted by Crippen LogP contribution is 2.32. The number of piperidine rings is 1. The van der Waals surface area contributed by atoms with Crippen molar-refractivity contribution in [2.75, 3.05) is 20.1 Å². The van der Waals surface area contributed by atoms with Gasteiger partial charge in [-0.3, -0.25) is 14.3 Å². The normalized spacial score (nSPS) is 18.2. The third-order valence-corrected chi connectivity index (χ3v) is 7.45. The molecule has 2 fully saturated rings. The van der Waals surface area contributed by atoms with E-state index in [9.17, 15) is 9.59 Å². The smallest absolute Gasteiger partial charge is 0.225 e. The van der Waals surface area contributed by atoms with Gasteiger partial charge < -0.3 is 9.80 Å². The largest absolute Gasteiger partial charge is 0.343 e. The predicted octanol–water partition coefficient (Wildman–Crippen LogP) is 3.09. The quantitative estimate of drug-likeness (QED) is 0.636. The van der Waals surface area contributed by atoms with Crippen LogP contribution in [-0.4, -0.2) is 62.6 Å². The average Bonchev–Trinajstić information content (AvgIpc) is 3.29. The first kappa shape index (κ1) is 22.5. The van der Waals surface area contributed by atoms with E-state index in [4.69, 9.17) is 0 Å². The lowest BCUT2D eigenvalue weighted by atomic mass is 9.81. The molecule has 2 aliphatic rings. The number of carbonyl (C=O) groups excluding carboxylic acids is 2. The van der Waals surface area contributed by atoms with Gasteiger partial charge in [-0.15, -0.1) is 0 Å². The molecule has 1 aromatic carbocycles. The van der Waals surface area contributed by atoms with Gasteiger partial charge in [-0.1, -0.05) is 30.7 Å². The van der Waals surface area contributed by atoms with Crippen molar-refractivity contribution < 1.29 is 9.59 Å². The van der Waals surface area contributed by atoms with E-state index in [1.165, 1.54) is 23.9 Å². The van der Waals surface area contributed by atoms with Crippen molar-refractivity contribution in [1.82, 2.24) is 24.6 Å². The molecule has 172 valence electrons. The van der Waals surface area contributed by atoms with Gasteiger partial charge in [0.1, 0.15) is 12.7 Å². The first-order valence-corrected chi connectivity index (χ1v) is 11.9. The first-order chi connectivity index (χ1) is 15.5. The second-order valence-electron chi connectivity index (χ2n) is 9.40. The van der Waals surface area contributed by atoms with Crippen molar-refractivity contribution in [2.24, 2.45) is 11.8 Å². The van der Waals surface area contributed by atoms with Crippen LogP contribution >= 0.6 is 0 Å². The number of rotatable bonds is 8. The summed E-state index contributed by atoms with van der Waals surface area (Å²) in [5, 5.41) is 4.07. The van der Waals surface area contributed by atoms with Crippen LogP contribution in [0.5, 0.6) is 0 Å². The fraction of sp³-hybridized carbons (Fsp3) is 0.600. The number of nitrogens with zero attached hydrogens (tertiary/aromatic N) is 5. The number of benzene rings is 1. The van der Waals surface area contributed by atoms with Crippen molar-refractivity contribution >= 4 is 11.8 Å². The highest BCUT2D eigenvalue weighted by atomic mass is 16.2. The van der Waals surface area contributed by atoms with E-state index in [0.29, 0.717) is 24.8 Å². The van der Waals surface area contributed by atoms with Gasteiger partial charge in [-0.05, 0) is 56.1 Å². The van der Waals surface area contributed by atoms with E-state index >= 15 is 0 Å². The van der Waals surface area contributed by atoms with Gasteiger partial charge in [-0.2, -0.15) is 5.10 Å². The minimum Gasteiger partial charge on any atom is -0.343 e. The molecule has 7 nitrogen and oxygen atoms in total. The van der Waals surface area contributed by atoms with Crippen LogP contribution in [0.2, 0.25) is 0 Å². The van der Waals surface area contributed by atoms with Crippen molar-refractivity contribution in [3.05, 3.63) is 48.0 Å². The summed E-state index contributed by atoms with van der Waals surface area (Å²) in [5.74, 6) is 1.09. The Balaban J connectivity index is 1.39. The Morgan fingerprint density at radius 1 is 1.16 bits per heavy atom. The molecular formula is C25H35N5O2. The standard InChI is InChI=1S/C25H35N5O2/c1-19-6-3-4-7-22(19)16-23(28(2)25(32)21-8-5-9-21)20-10-13-29(14-11-20)24(31)12-15-30-18-26-17-27-30/h3-4,6-7,17-18,20-21,23H,5,8-16H2,1-2H3. The molecule has 0 spiro atoms. The van der Waals surface area contributed by atoms with Crippen LogP contribution in [0.4, 0.5) is 0 Å². The highest BCUT2D eigenvalue weighted by molar-refractivity contribution is 5.79. The number of likely N-dealkylation sites (tertiary alicyclic amines) is 1. The number of carbonyl (C=O) groups is 2. The van der Waals surface area contributed by atoms with E-state index in [1.54, 1.807) is 11.0 Å². The summed E-state index contributed by atoms with van der Waals surface area (Å²) in [6.07, 6.45) is 9.56. The molecule has 2 aromatic rings. The summed E-state index contributed by atoms with van der Waals surface area (Å²) in [7, 11) is 2.00. The summed E-state index contributed by atoms with van der Waals surface area (Å²) in [6.45, 7) is 4.23. The second kappa shape index (κ2) is 10.3. The molecule has 1 saturated heterocycles. The molecule has 1 aromatic heterocycles. The Morgan fingerprint density at radius 2 is 1.91 bits per heavy atom. The number of aryl methyl sites for hydroxylation is 2. The molecule has 1 saturated carbocycles. The molecule has 0 radical (unpaired) electrons. The van der Waals surface area contributed by atoms with Crippen molar-refractivity contribution in [3.8, 4) is 0 Å². The maximum Gasteiger partial charge on any atom is 0.225 e. The third-order valence-electron chi connectivity index (χ3n) is 7.45. The molecule has 1 unspecified atom stereocenters. The van der Waals surface area contributed by atoms with Crippen LogP contribution in [-0.2, 0) is 22.6 Å². The van der Waals surface area contributed by atoms with Crippen LogP contribution in [0.15, 0.2) is 36.9 Å². The minimum absolute atomic E-state index is 0.174. The van der Waals surface area contributed by atoms with Gasteiger partial charge >= 0.3 is 0 Å². The lowest BCUT2D eigenvalue weighted by Crippen LogP contribution is -2.50. The number of hydrogen-bond donors (Lipinski definition) is 0. The summed E-state index contributed by atoms with van der Waals surface area (Å²) in [5.41, 5.74) is 2.60. The Kier molecular flexibility index (Phi) is 7.22. The second-order valence-corrected chi connectivity index (χ2v) is 9.40. The van der Waals surface area contributed by atoms with Crippen LogP contribution in [0.25, 0.3) is 0 Å². The summed E-state index contributed by atoms with van der Waals surface area (Å²) in [6, 6.07) is 8.67. The zero-order valence-corrected chi connectivity index (χ0v) is 19.3. The minimum atomic E-state index is 0.174. The van der Waals surface area contributed by atoms with Gasteiger partial charge in [-0.25, -0.2) is 4.98 Å². The molecule has 32 heavy (non-hydrogen) atoms. The SMILES string of the molecule is Cc1ccccc1CC(C1CCN(C(=O)CCn2cncn2)CC1)N(C)C(=O)C1CCC1. The summed E-state index contributed by atoms with van der Waals surface area (Å²) in [4.78, 5) is 33.7. The molecule has 4 rings (SSSR count). The topological polar surface area (TPSA) is 71.3 Å². The van der Waals surface area contributed by atoms with Gasteiger partial charge in [0, 0.05) is 38.5 Å². The zero-order chi connectivity index (χ0) is 22.5. The molecule has 1 atom stereocenters. The summed E-state index contributed by atoms with van der Waals surface area (Å²) < 4.78 is 1.70. The third kappa shape index (κ3) is 5.19. The molecule has 1 aliphatic heterocycles. The van der Waals surface area contributed by atoms with E-state index in [-0.39, 0.29) is 17.9 Å². The molecular weight excluding hydrogens is 402 g/mol. The molecule has 1 aliphatic carbocycles. The van der Waals surface area contributed by atoms with E-state index < -0.39 is 0 Å². The molecule has 2 amide bonds. The van der Waals surface area contributed by atoms with E-state index in [2.05, 4.69) is 41.3 Å². The van der Waals surface area contributed by atoms with Crippen molar-refractivity contribution in [2.45, 2.75) is 64.5 Å². The van der Waals surface area contributed by atoms with E-state index in [0.717, 1.165) is 45.2 Å². The Hall–Kier alpha value is -2.70. The van der Waals surface area contributed by atoms with Gasteiger partial charge in [0.25, 0.3) is 0 Å². The Morgan fingerprint density at radius 3 is 2.53 bits per heavy atom. The van der Waals surface area contributed by atoms with Crippen LogP contribution < -0.4 is 0 Å². The van der Waals surface area contributed by atoms with Crippen LogP contribution in [0.1, 0.15) is 49.7 Å². The van der Waals surface area contributed by atoms with Gasteiger partial charge in [0.15, 0.2) is 0 Å². The molecule has 7 heteroatoms. The molecule has 2 heterocycles. The number of amides is 2. The van der Waals surface area contributed by atoms with Gasteiger partial charge in [0.05, 0.1) is 6.54 Å². The zero-order valence-electron chi connectivity index (χ0n) is 19.3. The van der Waals surface area contributed by atoms with E-state index in [1.807, 2.05) is 16.8 Å². The van der Waals surface area contributed by atoms with Crippen LogP contribution in [0.3, 0.4) is 0 Å². The van der Waals surface area contributed by atoms with Gasteiger partial charge in [0.2, 0.25) is 11.8 Å². The molecule has 0 bridgehead atoms. The Bertz CT molecular complexity index is 901. The van der Waals surface area contributed by atoms with Crippen LogP contribution in [0, 0.1) is 18.8 Å². The maximum absolute atomic E-state index is 13.1. The fourth-order valence-electron chi connectivity index (χ4n) is 5.04. The Labute approximate surface area is 190 Å². The molecule has 0 N–H and O–H groups in total. The first-order valence-electron chi connectivity index (χ1n) is 11.9. The maximum atomic E-state index is 13.1.